The van der Waals surface area contributed by atoms with Crippen LogP contribution < -0.4 is 5.11 Å². The Hall–Kier alpha value is -0.640. The lowest BCUT2D eigenvalue weighted by Crippen LogP contribution is -2.71. The Kier molecular flexibility index (Phi) is 5.14. The highest BCUT2D eigenvalue weighted by molar-refractivity contribution is 7.98. The number of rotatable bonds is 4. The molecule has 0 atom stereocenters. The quantitative estimate of drug-likeness (QED) is 0.441. The van der Waals surface area contributed by atoms with E-state index in [0.717, 1.165) is 11.8 Å². The molecule has 0 N–H and O–H groups in total. The summed E-state index contributed by atoms with van der Waals surface area (Å²) in [7, 11) is 0. The number of carbonyl (C=O) groups excluding carboxylic acids is 1. The fourth-order valence-corrected chi connectivity index (χ4v) is 0.961. The number of alkyl halides is 6. The van der Waals surface area contributed by atoms with Gasteiger partial charge < -0.3 is 9.84 Å². The third kappa shape index (κ3) is 3.41. The van der Waals surface area contributed by atoms with E-state index in [1.165, 1.54) is 6.26 Å². The summed E-state index contributed by atoms with van der Waals surface area (Å²) in [5.41, 5.74) is -5.74. The highest BCUT2D eigenvalue weighted by Gasteiger charge is 2.68. The van der Waals surface area contributed by atoms with Crippen molar-refractivity contribution in [3.63, 3.8) is 0 Å². The highest BCUT2D eigenvalue weighted by atomic mass is 32.2. The molecule has 0 saturated heterocycles. The Bertz CT molecular complexity index is 260. The monoisotopic (exact) mass is 285 g/mol. The van der Waals surface area contributed by atoms with E-state index in [0.29, 0.717) is 0 Å². The lowest BCUT2D eigenvalue weighted by atomic mass is 10.0. The fourth-order valence-electron chi connectivity index (χ4n) is 0.711. The molecule has 0 aromatic rings. The first-order valence-corrected chi connectivity index (χ1v) is 5.38. The van der Waals surface area contributed by atoms with E-state index in [1.807, 2.05) is 0 Å². The van der Waals surface area contributed by atoms with Crippen molar-refractivity contribution in [1.29, 1.82) is 0 Å². The minimum absolute atomic E-state index is 0.0163. The van der Waals surface area contributed by atoms with Crippen molar-refractivity contribution in [3.8, 4) is 0 Å². The zero-order valence-corrected chi connectivity index (χ0v) is 9.13. The van der Waals surface area contributed by atoms with Gasteiger partial charge in [-0.3, -0.25) is 4.79 Å². The van der Waals surface area contributed by atoms with E-state index in [2.05, 4.69) is 4.74 Å². The summed E-state index contributed by atoms with van der Waals surface area (Å²) >= 11 is 1.03. The van der Waals surface area contributed by atoms with Crippen LogP contribution in [0.2, 0.25) is 0 Å². The molecule has 0 aromatic heterocycles. The second-order valence-corrected chi connectivity index (χ2v) is 3.79. The van der Waals surface area contributed by atoms with E-state index < -0.39 is 30.5 Å². The van der Waals surface area contributed by atoms with Crippen molar-refractivity contribution in [1.82, 2.24) is 0 Å². The van der Waals surface area contributed by atoms with Gasteiger partial charge in [0.25, 0.3) is 0 Å². The van der Waals surface area contributed by atoms with Gasteiger partial charge >= 0.3 is 18.3 Å². The molecule has 0 radical (unpaired) electrons. The van der Waals surface area contributed by atoms with Crippen LogP contribution in [0, 0.1) is 0 Å². The van der Waals surface area contributed by atoms with Crippen LogP contribution in [-0.4, -0.2) is 42.5 Å². The van der Waals surface area contributed by atoms with Gasteiger partial charge in [0.2, 0.25) is 0 Å². The molecule has 0 aliphatic rings. The second-order valence-electron chi connectivity index (χ2n) is 2.81. The predicted octanol–water partition coefficient (Wildman–Crippen LogP) is 1.12. The molecule has 0 unspecified atom stereocenters. The predicted molar refractivity (Wildman–Crippen MR) is 44.2 cm³/mol. The average molecular weight is 285 g/mol. The maximum Gasteiger partial charge on any atom is 0.399 e. The number of hydrogen-bond donors (Lipinski definition) is 0. The van der Waals surface area contributed by atoms with E-state index in [-0.39, 0.29) is 5.75 Å². The molecule has 0 aliphatic heterocycles. The van der Waals surface area contributed by atoms with Gasteiger partial charge in [-0.25, -0.2) is 0 Å². The van der Waals surface area contributed by atoms with Crippen LogP contribution in [0.25, 0.3) is 0 Å². The number of halogens is 6. The van der Waals surface area contributed by atoms with Crippen LogP contribution in [0.4, 0.5) is 26.3 Å². The molecule has 0 bridgehead atoms. The third-order valence-corrected chi connectivity index (χ3v) is 2.18. The number of thioether (sulfide) groups is 1. The van der Waals surface area contributed by atoms with E-state index in [9.17, 15) is 36.2 Å². The number of esters is 1. The third-order valence-electron chi connectivity index (χ3n) is 1.61. The molecular weight excluding hydrogens is 278 g/mol. The summed E-state index contributed by atoms with van der Waals surface area (Å²) in [6.45, 7) is -0.698. The minimum atomic E-state index is -6.30. The maximum absolute atomic E-state index is 12.0. The second kappa shape index (κ2) is 5.34. The Morgan fingerprint density at radius 2 is 1.59 bits per heavy atom. The van der Waals surface area contributed by atoms with Crippen LogP contribution in [0.15, 0.2) is 0 Å². The molecule has 0 amide bonds. The van der Waals surface area contributed by atoms with Crippen molar-refractivity contribution < 1.29 is 41.0 Å². The van der Waals surface area contributed by atoms with Crippen molar-refractivity contribution in [2.75, 3.05) is 18.6 Å². The molecule has 0 saturated carbocycles. The van der Waals surface area contributed by atoms with Gasteiger partial charge in [-0.05, 0) is 6.26 Å². The summed E-state index contributed by atoms with van der Waals surface area (Å²) in [6.07, 6.45) is -11.1. The van der Waals surface area contributed by atoms with Crippen LogP contribution in [0.1, 0.15) is 0 Å². The zero-order chi connectivity index (χ0) is 13.9. The number of carbonyl (C=O) groups is 1. The Labute approximate surface area is 96.1 Å². The topological polar surface area (TPSA) is 49.4 Å². The van der Waals surface area contributed by atoms with Crippen LogP contribution >= 0.6 is 11.8 Å². The largest absolute Gasteiger partial charge is 0.828 e. The lowest BCUT2D eigenvalue weighted by Gasteiger charge is -2.40. The van der Waals surface area contributed by atoms with Crippen LogP contribution in [-0.2, 0) is 9.53 Å². The molecule has 102 valence electrons. The van der Waals surface area contributed by atoms with Crippen molar-refractivity contribution in [3.05, 3.63) is 0 Å². The molecular formula is C7H7F6O3S-. The molecule has 0 fully saturated rings. The van der Waals surface area contributed by atoms with Gasteiger partial charge in [0.15, 0.2) is 5.60 Å². The smallest absolute Gasteiger partial charge is 0.399 e. The van der Waals surface area contributed by atoms with Gasteiger partial charge in [0.05, 0.1) is 0 Å². The van der Waals surface area contributed by atoms with Crippen LogP contribution in [0.3, 0.4) is 0 Å². The van der Waals surface area contributed by atoms with Gasteiger partial charge in [0, 0.05) is 5.75 Å². The number of ether oxygens (including phenoxy) is 1. The van der Waals surface area contributed by atoms with Gasteiger partial charge in [-0.1, -0.05) is 0 Å². The minimum Gasteiger partial charge on any atom is -0.828 e. The zero-order valence-electron chi connectivity index (χ0n) is 8.31. The molecule has 17 heavy (non-hydrogen) atoms. The Morgan fingerprint density at radius 1 is 1.18 bits per heavy atom. The van der Waals surface area contributed by atoms with E-state index >= 15 is 0 Å². The van der Waals surface area contributed by atoms with Crippen LogP contribution in [0.5, 0.6) is 0 Å². The molecule has 3 nitrogen and oxygen atoms in total. The number of hydrogen-bond acceptors (Lipinski definition) is 4. The molecule has 0 spiro atoms. The first kappa shape index (κ1) is 16.4. The molecule has 0 aromatic carbocycles. The summed E-state index contributed by atoms with van der Waals surface area (Å²) in [5, 5.41) is 10.7. The van der Waals surface area contributed by atoms with Crippen molar-refractivity contribution >= 4 is 17.7 Å². The summed E-state index contributed by atoms with van der Waals surface area (Å²) in [6, 6.07) is 0. The van der Waals surface area contributed by atoms with Gasteiger partial charge in [-0.2, -0.15) is 38.1 Å². The normalized spacial score (nSPS) is 13.6. The highest BCUT2D eigenvalue weighted by Crippen LogP contribution is 2.41. The van der Waals surface area contributed by atoms with E-state index in [1.54, 1.807) is 0 Å². The first-order valence-electron chi connectivity index (χ1n) is 3.98. The van der Waals surface area contributed by atoms with Gasteiger partial charge in [-0.15, -0.1) is 0 Å². The summed E-state index contributed by atoms with van der Waals surface area (Å²) in [4.78, 5) is 10.6. The van der Waals surface area contributed by atoms with E-state index in [4.69, 9.17) is 0 Å². The summed E-state index contributed by atoms with van der Waals surface area (Å²) < 4.78 is 75.8. The van der Waals surface area contributed by atoms with Crippen molar-refractivity contribution in [2.45, 2.75) is 18.0 Å². The average Bonchev–Trinajstić information content (AvgIpc) is 2.13. The summed E-state index contributed by atoms with van der Waals surface area (Å²) in [5.74, 6) is -2.90. The molecule has 0 aliphatic carbocycles. The molecule has 10 heteroatoms. The Morgan fingerprint density at radius 3 is 1.88 bits per heavy atom. The Balaban J connectivity index is 5.03. The standard InChI is InChI=1S/C7H7F6O3S/c1-17-3-2-16-4(14)5(15,6(8,9)10)7(11,12)13/h2-3H2,1H3/q-1. The maximum atomic E-state index is 12.0. The first-order chi connectivity index (χ1) is 7.48. The fraction of sp³-hybridized carbons (Fsp3) is 0.857. The lowest BCUT2D eigenvalue weighted by molar-refractivity contribution is -0.574. The molecule has 0 heterocycles. The molecule has 0 rings (SSSR count). The van der Waals surface area contributed by atoms with Gasteiger partial charge in [0.1, 0.15) is 6.61 Å². The SMILES string of the molecule is CSCCOC(=O)C([O-])(C(F)(F)F)C(F)(F)F. The van der Waals surface area contributed by atoms with Crippen molar-refractivity contribution in [2.24, 2.45) is 0 Å².